The molecule has 0 heterocycles. The van der Waals surface area contributed by atoms with Gasteiger partial charge >= 0.3 is 12.2 Å². The molecule has 0 radical (unpaired) electrons. The van der Waals surface area contributed by atoms with E-state index in [4.69, 9.17) is 0 Å². The fourth-order valence-corrected chi connectivity index (χ4v) is 1.92. The lowest BCUT2D eigenvalue weighted by Gasteiger charge is -2.12. The first-order valence-electron chi connectivity index (χ1n) is 6.87. The molecule has 0 spiro atoms. The van der Waals surface area contributed by atoms with E-state index in [1.54, 1.807) is 24.3 Å². The minimum absolute atomic E-state index is 0.206. The lowest BCUT2D eigenvalue weighted by atomic mass is 10.2. The monoisotopic (exact) mass is 337 g/mol. The number of urea groups is 1. The van der Waals surface area contributed by atoms with Crippen LogP contribution in [-0.4, -0.2) is 11.9 Å². The molecule has 2 aromatic rings. The van der Waals surface area contributed by atoms with E-state index in [9.17, 15) is 22.8 Å². The summed E-state index contributed by atoms with van der Waals surface area (Å²) in [5, 5.41) is 7.50. The fourth-order valence-electron chi connectivity index (χ4n) is 1.92. The van der Waals surface area contributed by atoms with Crippen molar-refractivity contribution < 1.29 is 22.8 Å². The molecule has 8 heteroatoms. The molecule has 0 saturated heterocycles. The zero-order valence-corrected chi connectivity index (χ0v) is 12.6. The summed E-state index contributed by atoms with van der Waals surface area (Å²) in [5.41, 5.74) is 0.173. The van der Waals surface area contributed by atoms with Crippen LogP contribution in [0.1, 0.15) is 12.5 Å². The van der Waals surface area contributed by atoms with Gasteiger partial charge in [-0.25, -0.2) is 4.79 Å². The molecule has 3 amide bonds. The van der Waals surface area contributed by atoms with Crippen molar-refractivity contribution in [1.29, 1.82) is 0 Å². The van der Waals surface area contributed by atoms with E-state index in [2.05, 4.69) is 16.0 Å². The first-order chi connectivity index (χ1) is 11.3. The van der Waals surface area contributed by atoms with E-state index in [-0.39, 0.29) is 11.6 Å². The van der Waals surface area contributed by atoms with Gasteiger partial charge in [0.1, 0.15) is 0 Å². The van der Waals surface area contributed by atoms with Gasteiger partial charge in [-0.3, -0.25) is 4.79 Å². The van der Waals surface area contributed by atoms with Gasteiger partial charge in [-0.2, -0.15) is 13.2 Å². The summed E-state index contributed by atoms with van der Waals surface area (Å²) in [6, 6.07) is 9.95. The Labute approximate surface area is 135 Å². The van der Waals surface area contributed by atoms with Crippen molar-refractivity contribution in [3.05, 3.63) is 54.1 Å². The minimum Gasteiger partial charge on any atom is -0.325 e. The highest BCUT2D eigenvalue weighted by molar-refractivity contribution is 6.03. The molecule has 0 aliphatic rings. The quantitative estimate of drug-likeness (QED) is 0.781. The highest BCUT2D eigenvalue weighted by atomic mass is 19.4. The second kappa shape index (κ2) is 7.03. The van der Waals surface area contributed by atoms with Crippen molar-refractivity contribution in [1.82, 2.24) is 0 Å². The van der Waals surface area contributed by atoms with Crippen molar-refractivity contribution in [3.8, 4) is 0 Å². The molecule has 0 aromatic heterocycles. The molecule has 2 aromatic carbocycles. The van der Waals surface area contributed by atoms with Gasteiger partial charge in [-0.05, 0) is 36.4 Å². The van der Waals surface area contributed by atoms with Crippen LogP contribution in [0.3, 0.4) is 0 Å². The first kappa shape index (κ1) is 17.3. The maximum absolute atomic E-state index is 12.5. The molecule has 0 fully saturated rings. The van der Waals surface area contributed by atoms with Crippen LogP contribution < -0.4 is 16.0 Å². The third-order valence-corrected chi connectivity index (χ3v) is 2.96. The molecule has 5 nitrogen and oxygen atoms in total. The normalized spacial score (nSPS) is 10.8. The van der Waals surface area contributed by atoms with Crippen LogP contribution in [0.2, 0.25) is 0 Å². The van der Waals surface area contributed by atoms with Gasteiger partial charge in [0.15, 0.2) is 0 Å². The third kappa shape index (κ3) is 4.73. The topological polar surface area (TPSA) is 70.2 Å². The summed E-state index contributed by atoms with van der Waals surface area (Å²) >= 11 is 0. The van der Waals surface area contributed by atoms with Gasteiger partial charge in [0.2, 0.25) is 5.91 Å². The molecule has 126 valence electrons. The van der Waals surface area contributed by atoms with Crippen LogP contribution in [-0.2, 0) is 11.0 Å². The van der Waals surface area contributed by atoms with Crippen LogP contribution in [0, 0.1) is 0 Å². The van der Waals surface area contributed by atoms with Crippen LogP contribution in [0.25, 0.3) is 0 Å². The van der Waals surface area contributed by atoms with E-state index >= 15 is 0 Å². The Morgan fingerprint density at radius 3 is 1.88 bits per heavy atom. The highest BCUT2D eigenvalue weighted by Crippen LogP contribution is 2.30. The summed E-state index contributed by atoms with van der Waals surface area (Å²) < 4.78 is 37.5. The highest BCUT2D eigenvalue weighted by Gasteiger charge is 2.29. The first-order valence-corrected chi connectivity index (χ1v) is 6.87. The standard InChI is InChI=1S/C16H14F3N3O2/c1-10(23)20-13-4-2-3-5-14(13)22-15(24)21-12-8-6-11(7-9-12)16(17,18)19/h2-9H,1H3,(H,20,23)(H2,21,22,24). The van der Waals surface area contributed by atoms with Crippen LogP contribution in [0.5, 0.6) is 0 Å². The largest absolute Gasteiger partial charge is 0.416 e. The van der Waals surface area contributed by atoms with Gasteiger partial charge in [0, 0.05) is 12.6 Å². The predicted octanol–water partition coefficient (Wildman–Crippen LogP) is 4.31. The molecule has 0 atom stereocenters. The Morgan fingerprint density at radius 1 is 0.833 bits per heavy atom. The van der Waals surface area contributed by atoms with Crippen molar-refractivity contribution in [2.24, 2.45) is 0 Å². The Kier molecular flexibility index (Phi) is 5.08. The average molecular weight is 337 g/mol. The van der Waals surface area contributed by atoms with Gasteiger partial charge < -0.3 is 16.0 Å². The third-order valence-electron chi connectivity index (χ3n) is 2.96. The van der Waals surface area contributed by atoms with Crippen molar-refractivity contribution in [3.63, 3.8) is 0 Å². The molecule has 0 bridgehead atoms. The van der Waals surface area contributed by atoms with E-state index in [0.29, 0.717) is 11.4 Å². The van der Waals surface area contributed by atoms with E-state index in [1.165, 1.54) is 6.92 Å². The maximum Gasteiger partial charge on any atom is 0.416 e. The average Bonchev–Trinajstić information content (AvgIpc) is 2.48. The zero-order valence-electron chi connectivity index (χ0n) is 12.6. The lowest BCUT2D eigenvalue weighted by Crippen LogP contribution is -2.20. The summed E-state index contributed by atoms with van der Waals surface area (Å²) in [4.78, 5) is 23.1. The number of amides is 3. The van der Waals surface area contributed by atoms with E-state index in [0.717, 1.165) is 24.3 Å². The molecule has 3 N–H and O–H groups in total. The summed E-state index contributed by atoms with van der Waals surface area (Å²) in [7, 11) is 0. The molecule has 0 aliphatic heterocycles. The predicted molar refractivity (Wildman–Crippen MR) is 84.8 cm³/mol. The lowest BCUT2D eigenvalue weighted by molar-refractivity contribution is -0.137. The van der Waals surface area contributed by atoms with E-state index < -0.39 is 17.8 Å². The van der Waals surface area contributed by atoms with E-state index in [1.807, 2.05) is 0 Å². The van der Waals surface area contributed by atoms with Crippen LogP contribution in [0.15, 0.2) is 48.5 Å². The Morgan fingerprint density at radius 2 is 1.38 bits per heavy atom. The smallest absolute Gasteiger partial charge is 0.325 e. The number of rotatable bonds is 3. The van der Waals surface area contributed by atoms with Gasteiger partial charge in [0.05, 0.1) is 16.9 Å². The minimum atomic E-state index is -4.43. The summed E-state index contributed by atoms with van der Waals surface area (Å²) in [6.45, 7) is 1.33. The Bertz CT molecular complexity index is 743. The molecular formula is C16H14F3N3O2. The van der Waals surface area contributed by atoms with Gasteiger partial charge in [-0.15, -0.1) is 0 Å². The molecule has 0 saturated carbocycles. The fraction of sp³-hybridized carbons (Fsp3) is 0.125. The van der Waals surface area contributed by atoms with Crippen LogP contribution >= 0.6 is 0 Å². The Hall–Kier alpha value is -3.03. The number of benzene rings is 2. The second-order valence-electron chi connectivity index (χ2n) is 4.88. The summed E-state index contributed by atoms with van der Waals surface area (Å²) in [5.74, 6) is -0.299. The molecule has 0 aliphatic carbocycles. The van der Waals surface area contributed by atoms with Crippen LogP contribution in [0.4, 0.5) is 35.0 Å². The number of hydrogen-bond donors (Lipinski definition) is 3. The molecule has 2 rings (SSSR count). The number of anilines is 3. The number of nitrogens with one attached hydrogen (secondary N) is 3. The molecule has 0 unspecified atom stereocenters. The second-order valence-corrected chi connectivity index (χ2v) is 4.88. The van der Waals surface area contributed by atoms with Crippen molar-refractivity contribution in [2.75, 3.05) is 16.0 Å². The van der Waals surface area contributed by atoms with Crippen molar-refractivity contribution in [2.45, 2.75) is 13.1 Å². The van der Waals surface area contributed by atoms with Gasteiger partial charge in [0.25, 0.3) is 0 Å². The number of para-hydroxylation sites is 2. The number of halogens is 3. The molecule has 24 heavy (non-hydrogen) atoms. The number of carbonyl (C=O) groups is 2. The number of alkyl halides is 3. The summed E-state index contributed by atoms with van der Waals surface area (Å²) in [6.07, 6.45) is -4.43. The zero-order chi connectivity index (χ0) is 17.7. The SMILES string of the molecule is CC(=O)Nc1ccccc1NC(=O)Nc1ccc(C(F)(F)F)cc1. The number of carbonyl (C=O) groups excluding carboxylic acids is 2. The Balaban J connectivity index is 2.05. The van der Waals surface area contributed by atoms with Crippen molar-refractivity contribution >= 4 is 29.0 Å². The molecular weight excluding hydrogens is 323 g/mol. The maximum atomic E-state index is 12.5. The van der Waals surface area contributed by atoms with Gasteiger partial charge in [-0.1, -0.05) is 12.1 Å². The number of hydrogen-bond acceptors (Lipinski definition) is 2.